The Bertz CT molecular complexity index is 698. The number of nitro benzene ring substituents is 1. The van der Waals surface area contributed by atoms with Gasteiger partial charge in [0.05, 0.1) is 15.9 Å². The fourth-order valence-corrected chi connectivity index (χ4v) is 2.42. The molecule has 0 unspecified atom stereocenters. The van der Waals surface area contributed by atoms with Gasteiger partial charge in [-0.15, -0.1) is 0 Å². The molecule has 112 valence electrons. The molecule has 9 heteroatoms. The number of benzene rings is 1. The summed E-state index contributed by atoms with van der Waals surface area (Å²) in [5.41, 5.74) is 0.0408. The minimum atomic E-state index is -4.53. The molecule has 2 aromatic rings. The molecular formula is C12H9BrF3N3O2. The lowest BCUT2D eigenvalue weighted by molar-refractivity contribution is -0.385. The van der Waals surface area contributed by atoms with Gasteiger partial charge in [-0.05, 0) is 34.5 Å². The molecule has 1 aromatic heterocycles. The summed E-state index contributed by atoms with van der Waals surface area (Å²) in [6.07, 6.45) is -3.31. The highest BCUT2D eigenvalue weighted by molar-refractivity contribution is 9.10. The second-order valence-corrected chi connectivity index (χ2v) is 5.25. The van der Waals surface area contributed by atoms with Crippen molar-refractivity contribution < 1.29 is 18.1 Å². The monoisotopic (exact) mass is 363 g/mol. The Morgan fingerprint density at radius 1 is 1.43 bits per heavy atom. The van der Waals surface area contributed by atoms with E-state index in [-0.39, 0.29) is 16.7 Å². The van der Waals surface area contributed by atoms with Crippen molar-refractivity contribution in [3.63, 3.8) is 0 Å². The van der Waals surface area contributed by atoms with E-state index in [2.05, 4.69) is 21.0 Å². The third-order valence-electron chi connectivity index (χ3n) is 2.79. The van der Waals surface area contributed by atoms with E-state index in [9.17, 15) is 23.3 Å². The van der Waals surface area contributed by atoms with Crippen LogP contribution in [0.2, 0.25) is 0 Å². The number of halogens is 4. The molecule has 0 bridgehead atoms. The van der Waals surface area contributed by atoms with Crippen molar-refractivity contribution in [2.24, 2.45) is 0 Å². The first-order valence-electron chi connectivity index (χ1n) is 5.72. The van der Waals surface area contributed by atoms with Crippen LogP contribution in [0.15, 0.2) is 28.9 Å². The Morgan fingerprint density at radius 3 is 2.57 bits per heavy atom. The fraction of sp³-hybridized carbons (Fsp3) is 0.250. The largest absolute Gasteiger partial charge is 0.436 e. The summed E-state index contributed by atoms with van der Waals surface area (Å²) in [5.74, 6) is 0. The Labute approximate surface area is 125 Å². The normalized spacial score (nSPS) is 11.7. The Kier molecular flexibility index (Phi) is 4.04. The molecule has 0 atom stereocenters. The van der Waals surface area contributed by atoms with Gasteiger partial charge in [0.25, 0.3) is 5.69 Å². The minimum absolute atomic E-state index is 0.0311. The number of alkyl halides is 3. The number of nitro groups is 1. The van der Waals surface area contributed by atoms with E-state index in [4.69, 9.17) is 0 Å². The van der Waals surface area contributed by atoms with Gasteiger partial charge in [0.15, 0.2) is 5.69 Å². The summed E-state index contributed by atoms with van der Waals surface area (Å²) >= 11 is 2.82. The van der Waals surface area contributed by atoms with Gasteiger partial charge in [-0.3, -0.25) is 14.8 Å². The lowest BCUT2D eigenvalue weighted by Crippen LogP contribution is -2.09. The standard InChI is InChI=1S/C12H9BrF3N3O2/c1-7-4-8(2-3-10(7)19(20)21)5-18-6-9(13)11(17-18)12(14,15)16/h2-4,6H,5H2,1H3. The summed E-state index contributed by atoms with van der Waals surface area (Å²) < 4.78 is 38.9. The molecule has 0 aliphatic rings. The molecule has 0 radical (unpaired) electrons. The van der Waals surface area contributed by atoms with Crippen molar-refractivity contribution in [3.8, 4) is 0 Å². The van der Waals surface area contributed by atoms with E-state index in [0.717, 1.165) is 4.68 Å². The second-order valence-electron chi connectivity index (χ2n) is 4.40. The van der Waals surface area contributed by atoms with Crippen LogP contribution in [0.25, 0.3) is 0 Å². The van der Waals surface area contributed by atoms with Crippen molar-refractivity contribution in [2.45, 2.75) is 19.6 Å². The lowest BCUT2D eigenvalue weighted by atomic mass is 10.1. The molecule has 1 heterocycles. The van der Waals surface area contributed by atoms with Crippen LogP contribution in [-0.4, -0.2) is 14.7 Å². The van der Waals surface area contributed by atoms with Gasteiger partial charge in [-0.25, -0.2) is 0 Å². The van der Waals surface area contributed by atoms with Crippen LogP contribution in [0, 0.1) is 17.0 Å². The van der Waals surface area contributed by atoms with E-state index in [1.54, 1.807) is 13.0 Å². The first-order valence-corrected chi connectivity index (χ1v) is 6.52. The predicted octanol–water partition coefficient (Wildman–Crippen LogP) is 3.93. The van der Waals surface area contributed by atoms with E-state index in [0.29, 0.717) is 11.1 Å². The molecule has 1 aromatic carbocycles. The number of rotatable bonds is 3. The Balaban J connectivity index is 2.27. The molecule has 0 N–H and O–H groups in total. The van der Waals surface area contributed by atoms with Crippen LogP contribution in [-0.2, 0) is 12.7 Å². The van der Waals surface area contributed by atoms with Gasteiger partial charge in [-0.2, -0.15) is 18.3 Å². The van der Waals surface area contributed by atoms with E-state index in [1.807, 2.05) is 0 Å². The van der Waals surface area contributed by atoms with Gasteiger partial charge in [0.1, 0.15) is 0 Å². The van der Waals surface area contributed by atoms with Gasteiger partial charge in [0.2, 0.25) is 0 Å². The van der Waals surface area contributed by atoms with Crippen LogP contribution in [0.3, 0.4) is 0 Å². The highest BCUT2D eigenvalue weighted by Gasteiger charge is 2.36. The van der Waals surface area contributed by atoms with Crippen LogP contribution < -0.4 is 0 Å². The highest BCUT2D eigenvalue weighted by Crippen LogP contribution is 2.33. The van der Waals surface area contributed by atoms with E-state index in [1.165, 1.54) is 18.3 Å². The maximum atomic E-state index is 12.6. The summed E-state index contributed by atoms with van der Waals surface area (Å²) in [7, 11) is 0. The summed E-state index contributed by atoms with van der Waals surface area (Å²) in [5, 5.41) is 14.2. The van der Waals surface area contributed by atoms with Crippen LogP contribution >= 0.6 is 15.9 Å². The number of aryl methyl sites for hydroxylation is 1. The molecule has 0 saturated heterocycles. The predicted molar refractivity (Wildman–Crippen MR) is 71.9 cm³/mol. The van der Waals surface area contributed by atoms with Crippen molar-refractivity contribution in [3.05, 3.63) is 55.8 Å². The summed E-state index contributed by atoms with van der Waals surface area (Å²) in [6.45, 7) is 1.66. The quantitative estimate of drug-likeness (QED) is 0.613. The van der Waals surface area contributed by atoms with E-state index < -0.39 is 16.8 Å². The van der Waals surface area contributed by atoms with Crippen LogP contribution in [0.4, 0.5) is 18.9 Å². The fourth-order valence-electron chi connectivity index (χ4n) is 1.88. The number of nitrogens with zero attached hydrogens (tertiary/aromatic N) is 3. The molecule has 0 fully saturated rings. The summed E-state index contributed by atoms with van der Waals surface area (Å²) in [4.78, 5) is 10.2. The topological polar surface area (TPSA) is 61.0 Å². The SMILES string of the molecule is Cc1cc(Cn2cc(Br)c(C(F)(F)F)n2)ccc1[N+](=O)[O-]. The van der Waals surface area contributed by atoms with Crippen LogP contribution in [0.5, 0.6) is 0 Å². The van der Waals surface area contributed by atoms with Gasteiger partial charge < -0.3 is 0 Å². The molecule has 0 aliphatic carbocycles. The Hall–Kier alpha value is -1.90. The van der Waals surface area contributed by atoms with Gasteiger partial charge >= 0.3 is 6.18 Å². The molecule has 0 saturated carbocycles. The number of hydrogen-bond acceptors (Lipinski definition) is 3. The second kappa shape index (κ2) is 5.47. The maximum absolute atomic E-state index is 12.6. The summed E-state index contributed by atoms with van der Waals surface area (Å²) in [6, 6.07) is 4.38. The zero-order valence-electron chi connectivity index (χ0n) is 10.7. The first-order chi connectivity index (χ1) is 9.68. The minimum Gasteiger partial charge on any atom is -0.267 e. The van der Waals surface area contributed by atoms with E-state index >= 15 is 0 Å². The van der Waals surface area contributed by atoms with Gasteiger partial charge in [0, 0.05) is 17.8 Å². The Morgan fingerprint density at radius 2 is 2.10 bits per heavy atom. The molecule has 0 spiro atoms. The van der Waals surface area contributed by atoms with Crippen molar-refractivity contribution >= 4 is 21.6 Å². The third kappa shape index (κ3) is 3.41. The van der Waals surface area contributed by atoms with Crippen LogP contribution in [0.1, 0.15) is 16.8 Å². The molecular weight excluding hydrogens is 355 g/mol. The average molecular weight is 364 g/mol. The third-order valence-corrected chi connectivity index (χ3v) is 3.37. The van der Waals surface area contributed by atoms with Gasteiger partial charge in [-0.1, -0.05) is 6.07 Å². The van der Waals surface area contributed by atoms with Crippen molar-refractivity contribution in [2.75, 3.05) is 0 Å². The van der Waals surface area contributed by atoms with Crippen molar-refractivity contribution in [1.82, 2.24) is 9.78 Å². The average Bonchev–Trinajstić information content (AvgIpc) is 2.69. The molecule has 0 amide bonds. The molecule has 2 rings (SSSR count). The number of hydrogen-bond donors (Lipinski definition) is 0. The van der Waals surface area contributed by atoms with Crippen molar-refractivity contribution in [1.29, 1.82) is 0 Å². The smallest absolute Gasteiger partial charge is 0.267 e. The molecule has 0 aliphatic heterocycles. The number of aromatic nitrogens is 2. The molecule has 21 heavy (non-hydrogen) atoms. The molecule has 5 nitrogen and oxygen atoms in total. The first kappa shape index (κ1) is 15.5. The maximum Gasteiger partial charge on any atom is 0.436 e. The zero-order valence-corrected chi connectivity index (χ0v) is 12.3. The highest BCUT2D eigenvalue weighted by atomic mass is 79.9. The zero-order chi connectivity index (χ0) is 15.8. The lowest BCUT2D eigenvalue weighted by Gasteiger charge is -2.05.